The molecule has 2 aromatic rings. The summed E-state index contributed by atoms with van der Waals surface area (Å²) < 4.78 is 10.2. The van der Waals surface area contributed by atoms with E-state index in [1.807, 2.05) is 13.0 Å². The van der Waals surface area contributed by atoms with Gasteiger partial charge >= 0.3 is 0 Å². The Labute approximate surface area is 120 Å². The Balaban J connectivity index is 2.04. The van der Waals surface area contributed by atoms with Gasteiger partial charge in [0, 0.05) is 10.5 Å². The Morgan fingerprint density at radius 2 is 2.21 bits per heavy atom. The Bertz CT molecular complexity index is 592. The summed E-state index contributed by atoms with van der Waals surface area (Å²) in [5.74, 6) is 1.76. The van der Waals surface area contributed by atoms with Gasteiger partial charge in [0.05, 0.1) is 24.1 Å². The number of carbonyl (C=O) groups is 1. The quantitative estimate of drug-likeness (QED) is 0.611. The molecule has 0 unspecified atom stereocenters. The second-order valence-corrected chi connectivity index (χ2v) is 5.33. The SMILES string of the molecule is COc1ccc(C(=O)CSc2ccoc2C)cc1Cl. The Hall–Kier alpha value is -1.39. The normalized spacial score (nSPS) is 10.5. The highest BCUT2D eigenvalue weighted by molar-refractivity contribution is 8.00. The highest BCUT2D eigenvalue weighted by Crippen LogP contribution is 2.27. The summed E-state index contributed by atoms with van der Waals surface area (Å²) >= 11 is 7.45. The number of hydrogen-bond donors (Lipinski definition) is 0. The van der Waals surface area contributed by atoms with Crippen molar-refractivity contribution in [1.29, 1.82) is 0 Å². The minimum Gasteiger partial charge on any atom is -0.495 e. The Morgan fingerprint density at radius 1 is 1.42 bits per heavy atom. The summed E-state index contributed by atoms with van der Waals surface area (Å²) in [6, 6.07) is 6.90. The molecule has 0 spiro atoms. The van der Waals surface area contributed by atoms with Crippen LogP contribution in [0.15, 0.2) is 39.8 Å². The molecule has 1 heterocycles. The highest BCUT2D eigenvalue weighted by atomic mass is 35.5. The zero-order valence-corrected chi connectivity index (χ0v) is 12.2. The van der Waals surface area contributed by atoms with E-state index in [-0.39, 0.29) is 5.78 Å². The van der Waals surface area contributed by atoms with E-state index in [0.29, 0.717) is 22.1 Å². The van der Waals surface area contributed by atoms with E-state index in [4.69, 9.17) is 20.8 Å². The van der Waals surface area contributed by atoms with Crippen LogP contribution in [0.25, 0.3) is 0 Å². The van der Waals surface area contributed by atoms with Gasteiger partial charge in [0.1, 0.15) is 11.5 Å². The van der Waals surface area contributed by atoms with E-state index in [1.165, 1.54) is 11.8 Å². The molecule has 0 saturated heterocycles. The summed E-state index contributed by atoms with van der Waals surface area (Å²) in [7, 11) is 1.54. The summed E-state index contributed by atoms with van der Waals surface area (Å²) in [4.78, 5) is 13.0. The van der Waals surface area contributed by atoms with E-state index in [9.17, 15) is 4.79 Å². The molecule has 0 fully saturated rings. The van der Waals surface area contributed by atoms with E-state index < -0.39 is 0 Å². The largest absolute Gasteiger partial charge is 0.495 e. The van der Waals surface area contributed by atoms with Gasteiger partial charge in [0.25, 0.3) is 0 Å². The molecule has 2 rings (SSSR count). The first kappa shape index (κ1) is 14.0. The number of rotatable bonds is 5. The average Bonchev–Trinajstić information content (AvgIpc) is 2.81. The maximum Gasteiger partial charge on any atom is 0.173 e. The number of thioether (sulfide) groups is 1. The molecule has 0 bridgehead atoms. The molecule has 0 saturated carbocycles. The zero-order valence-electron chi connectivity index (χ0n) is 10.6. The van der Waals surface area contributed by atoms with E-state index >= 15 is 0 Å². The van der Waals surface area contributed by atoms with Crippen LogP contribution in [0.3, 0.4) is 0 Å². The third-order valence-corrected chi connectivity index (χ3v) is 4.08. The fourth-order valence-corrected chi connectivity index (χ4v) is 2.70. The topological polar surface area (TPSA) is 39.4 Å². The van der Waals surface area contributed by atoms with Crippen molar-refractivity contribution in [2.75, 3.05) is 12.9 Å². The van der Waals surface area contributed by atoms with Crippen LogP contribution in [0.1, 0.15) is 16.1 Å². The second-order valence-electron chi connectivity index (χ2n) is 3.90. The van der Waals surface area contributed by atoms with Crippen LogP contribution >= 0.6 is 23.4 Å². The summed E-state index contributed by atoms with van der Waals surface area (Å²) in [5, 5.41) is 0.442. The number of ketones is 1. The average molecular weight is 297 g/mol. The van der Waals surface area contributed by atoms with Gasteiger partial charge in [-0.2, -0.15) is 0 Å². The molecule has 19 heavy (non-hydrogen) atoms. The third kappa shape index (κ3) is 3.33. The van der Waals surface area contributed by atoms with Gasteiger partial charge in [-0.15, -0.1) is 11.8 Å². The second kappa shape index (κ2) is 6.17. The van der Waals surface area contributed by atoms with Gasteiger partial charge in [-0.3, -0.25) is 4.79 Å². The smallest absolute Gasteiger partial charge is 0.173 e. The molecule has 1 aromatic carbocycles. The first-order chi connectivity index (χ1) is 9.11. The number of hydrogen-bond acceptors (Lipinski definition) is 4. The minimum atomic E-state index is 0.0233. The van der Waals surface area contributed by atoms with Gasteiger partial charge in [-0.1, -0.05) is 11.6 Å². The molecule has 0 aliphatic carbocycles. The number of carbonyl (C=O) groups excluding carboxylic acids is 1. The maximum atomic E-state index is 12.1. The number of benzene rings is 1. The van der Waals surface area contributed by atoms with Crippen molar-refractivity contribution < 1.29 is 13.9 Å². The standard InChI is InChI=1S/C14H13ClO3S/c1-9-14(5-6-18-9)19-8-12(16)10-3-4-13(17-2)11(15)7-10/h3-7H,8H2,1-2H3. The van der Waals surface area contributed by atoms with Crippen LogP contribution in [0.5, 0.6) is 5.75 Å². The van der Waals surface area contributed by atoms with Gasteiger partial charge in [-0.05, 0) is 31.2 Å². The van der Waals surface area contributed by atoms with E-state index in [1.54, 1.807) is 31.6 Å². The van der Waals surface area contributed by atoms with Crippen LogP contribution in [0, 0.1) is 6.92 Å². The molecule has 0 amide bonds. The molecule has 1 aromatic heterocycles. The number of methoxy groups -OCH3 is 1. The molecular formula is C14H13ClO3S. The summed E-state index contributed by atoms with van der Waals surface area (Å²) in [6.45, 7) is 1.87. The lowest BCUT2D eigenvalue weighted by molar-refractivity contribution is 0.102. The number of furan rings is 1. The van der Waals surface area contributed by atoms with Gasteiger partial charge in [0.2, 0.25) is 0 Å². The molecule has 3 nitrogen and oxygen atoms in total. The fraction of sp³-hybridized carbons (Fsp3) is 0.214. The van der Waals surface area contributed by atoms with Crippen LogP contribution in [0.2, 0.25) is 5.02 Å². The first-order valence-electron chi connectivity index (χ1n) is 5.65. The van der Waals surface area contributed by atoms with Crippen molar-refractivity contribution in [2.45, 2.75) is 11.8 Å². The minimum absolute atomic E-state index is 0.0233. The Morgan fingerprint density at radius 3 is 2.79 bits per heavy atom. The van der Waals surface area contributed by atoms with Crippen molar-refractivity contribution in [3.05, 3.63) is 46.9 Å². The van der Waals surface area contributed by atoms with Crippen molar-refractivity contribution in [2.24, 2.45) is 0 Å². The zero-order chi connectivity index (χ0) is 13.8. The fourth-order valence-electron chi connectivity index (χ4n) is 1.59. The molecular weight excluding hydrogens is 284 g/mol. The molecule has 0 radical (unpaired) electrons. The van der Waals surface area contributed by atoms with Crippen LogP contribution in [0.4, 0.5) is 0 Å². The lowest BCUT2D eigenvalue weighted by atomic mass is 10.1. The third-order valence-electron chi connectivity index (χ3n) is 2.64. The monoisotopic (exact) mass is 296 g/mol. The number of Topliss-reactive ketones (excluding diaryl/α,β-unsaturated/α-hetero) is 1. The predicted molar refractivity (Wildman–Crippen MR) is 76.5 cm³/mol. The first-order valence-corrected chi connectivity index (χ1v) is 7.02. The highest BCUT2D eigenvalue weighted by Gasteiger charge is 2.11. The van der Waals surface area contributed by atoms with E-state index in [2.05, 4.69) is 0 Å². The molecule has 0 atom stereocenters. The van der Waals surface area contributed by atoms with E-state index in [0.717, 1.165) is 10.7 Å². The molecule has 0 N–H and O–H groups in total. The molecule has 0 aliphatic heterocycles. The van der Waals surface area contributed by atoms with Crippen molar-refractivity contribution in [1.82, 2.24) is 0 Å². The van der Waals surface area contributed by atoms with Gasteiger partial charge in [0.15, 0.2) is 5.78 Å². The van der Waals surface area contributed by atoms with Crippen LogP contribution in [-0.2, 0) is 0 Å². The number of ether oxygens (including phenoxy) is 1. The summed E-state index contributed by atoms with van der Waals surface area (Å²) in [6.07, 6.45) is 1.62. The summed E-state index contributed by atoms with van der Waals surface area (Å²) in [5.41, 5.74) is 0.583. The Kier molecular flexibility index (Phi) is 4.56. The maximum absolute atomic E-state index is 12.1. The predicted octanol–water partition coefficient (Wildman–Crippen LogP) is 4.23. The van der Waals surface area contributed by atoms with Crippen molar-refractivity contribution in [3.63, 3.8) is 0 Å². The lowest BCUT2D eigenvalue weighted by Crippen LogP contribution is -2.02. The number of aryl methyl sites for hydroxylation is 1. The number of halogens is 1. The molecule has 100 valence electrons. The van der Waals surface area contributed by atoms with Gasteiger partial charge < -0.3 is 9.15 Å². The molecule has 5 heteroatoms. The van der Waals surface area contributed by atoms with Crippen molar-refractivity contribution >= 4 is 29.1 Å². The van der Waals surface area contributed by atoms with Gasteiger partial charge in [-0.25, -0.2) is 0 Å². The van der Waals surface area contributed by atoms with Crippen LogP contribution < -0.4 is 4.74 Å². The lowest BCUT2D eigenvalue weighted by Gasteiger charge is -2.05. The molecule has 0 aliphatic rings. The van der Waals surface area contributed by atoms with Crippen LogP contribution in [-0.4, -0.2) is 18.6 Å². The van der Waals surface area contributed by atoms with Crippen molar-refractivity contribution in [3.8, 4) is 5.75 Å².